The molecule has 2 aromatic rings. The summed E-state index contributed by atoms with van der Waals surface area (Å²) >= 11 is 0. The smallest absolute Gasteiger partial charge is 0.257 e. The molecule has 1 aliphatic heterocycles. The average molecular weight is 414 g/mol. The Labute approximate surface area is 179 Å². The van der Waals surface area contributed by atoms with Crippen LogP contribution in [-0.4, -0.2) is 24.8 Å². The van der Waals surface area contributed by atoms with Crippen molar-refractivity contribution in [2.75, 3.05) is 17.3 Å². The monoisotopic (exact) mass is 414 g/mol. The van der Waals surface area contributed by atoms with E-state index in [0.29, 0.717) is 34.5 Å². The van der Waals surface area contributed by atoms with Crippen molar-refractivity contribution in [3.05, 3.63) is 66.2 Å². The number of hydrogen-bond acceptors (Lipinski definition) is 4. The summed E-state index contributed by atoms with van der Waals surface area (Å²) in [5, 5.41) is 2.85. The zero-order valence-electron chi connectivity index (χ0n) is 17.0. The third-order valence-corrected chi connectivity index (χ3v) is 7.38. The van der Waals surface area contributed by atoms with Gasteiger partial charge in [0.25, 0.3) is 5.91 Å². The van der Waals surface area contributed by atoms with E-state index in [4.69, 9.17) is 4.74 Å². The number of amides is 3. The molecule has 1 N–H and O–H groups in total. The lowest BCUT2D eigenvalue weighted by molar-refractivity contribution is -0.124. The fraction of sp³-hybridized carbons (Fsp3) is 0.320. The first kappa shape index (κ1) is 18.4. The summed E-state index contributed by atoms with van der Waals surface area (Å²) in [7, 11) is 1.56. The van der Waals surface area contributed by atoms with E-state index in [1.165, 1.54) is 4.90 Å². The lowest BCUT2D eigenvalue weighted by Gasteiger charge is -2.37. The number of nitrogens with zero attached hydrogens (tertiary/aromatic N) is 1. The zero-order chi connectivity index (χ0) is 21.3. The number of ether oxygens (including phenoxy) is 1. The molecule has 1 heterocycles. The van der Waals surface area contributed by atoms with Gasteiger partial charge in [-0.1, -0.05) is 30.4 Å². The molecular formula is C25H22N2O4. The van der Waals surface area contributed by atoms with Crippen molar-refractivity contribution >= 4 is 29.1 Å². The summed E-state index contributed by atoms with van der Waals surface area (Å²) < 4.78 is 5.21. The number of allylic oxidation sites excluding steroid dienone is 2. The minimum atomic E-state index is -0.372. The Kier molecular flexibility index (Phi) is 3.88. The summed E-state index contributed by atoms with van der Waals surface area (Å²) in [5.74, 6) is 0.728. The molecule has 7 rings (SSSR count). The molecule has 2 aromatic carbocycles. The van der Waals surface area contributed by atoms with Crippen molar-refractivity contribution in [3.8, 4) is 5.75 Å². The van der Waals surface area contributed by atoms with Crippen LogP contribution >= 0.6 is 0 Å². The van der Waals surface area contributed by atoms with Crippen LogP contribution in [0.25, 0.3) is 0 Å². The quantitative estimate of drug-likeness (QED) is 0.614. The van der Waals surface area contributed by atoms with Crippen LogP contribution in [0.2, 0.25) is 0 Å². The molecule has 6 atom stereocenters. The van der Waals surface area contributed by atoms with Gasteiger partial charge in [0, 0.05) is 11.8 Å². The predicted octanol–water partition coefficient (Wildman–Crippen LogP) is 3.51. The number of carbonyl (C=O) groups is 3. The second-order valence-electron chi connectivity index (χ2n) is 8.87. The van der Waals surface area contributed by atoms with Gasteiger partial charge in [-0.25, -0.2) is 4.90 Å². The molecule has 0 aromatic heterocycles. The van der Waals surface area contributed by atoms with Crippen LogP contribution in [0.4, 0.5) is 11.4 Å². The SMILES string of the molecule is COc1cccc(NC(=O)c2ccccc2N2C(=O)[C@@H]3[C@H]4C=C[C@@H]([C@@H]5C[C@@H]45)[C@H]3C2=O)c1. The maximum Gasteiger partial charge on any atom is 0.257 e. The maximum absolute atomic E-state index is 13.4. The molecule has 1 saturated heterocycles. The number of hydrogen-bond donors (Lipinski definition) is 1. The summed E-state index contributed by atoms with van der Waals surface area (Å²) in [5.41, 5.74) is 1.24. The Bertz CT molecular complexity index is 1120. The Morgan fingerprint density at radius 3 is 2.32 bits per heavy atom. The first-order chi connectivity index (χ1) is 15.1. The molecule has 2 saturated carbocycles. The van der Waals surface area contributed by atoms with Crippen LogP contribution in [0.3, 0.4) is 0 Å². The van der Waals surface area contributed by atoms with Crippen LogP contribution < -0.4 is 15.0 Å². The summed E-state index contributed by atoms with van der Waals surface area (Å²) in [6.45, 7) is 0. The van der Waals surface area contributed by atoms with E-state index in [9.17, 15) is 14.4 Å². The Balaban J connectivity index is 1.33. The Hall–Kier alpha value is -3.41. The van der Waals surface area contributed by atoms with Crippen LogP contribution in [0.1, 0.15) is 16.8 Å². The van der Waals surface area contributed by atoms with E-state index in [-0.39, 0.29) is 41.4 Å². The fourth-order valence-corrected chi connectivity index (χ4v) is 5.95. The van der Waals surface area contributed by atoms with Gasteiger partial charge in [0.2, 0.25) is 11.8 Å². The number of benzene rings is 2. The number of nitrogens with one attached hydrogen (secondary N) is 1. The number of imide groups is 1. The number of anilines is 2. The predicted molar refractivity (Wildman–Crippen MR) is 115 cm³/mol. The van der Waals surface area contributed by atoms with Gasteiger partial charge in [0.15, 0.2) is 0 Å². The lowest BCUT2D eigenvalue weighted by Crippen LogP contribution is -2.40. The van der Waals surface area contributed by atoms with Gasteiger partial charge < -0.3 is 10.1 Å². The van der Waals surface area contributed by atoms with E-state index < -0.39 is 0 Å². The highest BCUT2D eigenvalue weighted by Gasteiger charge is 2.67. The maximum atomic E-state index is 13.4. The molecule has 5 aliphatic rings. The van der Waals surface area contributed by atoms with Crippen LogP contribution in [-0.2, 0) is 9.59 Å². The number of para-hydroxylation sites is 1. The largest absolute Gasteiger partial charge is 0.497 e. The van der Waals surface area contributed by atoms with Gasteiger partial charge in [-0.2, -0.15) is 0 Å². The van der Waals surface area contributed by atoms with E-state index >= 15 is 0 Å². The number of methoxy groups -OCH3 is 1. The molecule has 0 radical (unpaired) electrons. The Morgan fingerprint density at radius 1 is 0.968 bits per heavy atom. The lowest BCUT2D eigenvalue weighted by atomic mass is 9.63. The molecule has 156 valence electrons. The standard InChI is InChI=1S/C25H22N2O4/c1-31-14-6-4-5-13(11-14)26-23(28)17-7-2-3-8-20(17)27-24(29)21-15-9-10-16(19-12-18(15)19)22(21)25(27)30/h2-11,15-16,18-19,21-22H,12H2,1H3,(H,26,28)/t15-,16-,18-,19-,21+,22+/m0/s1. The molecule has 4 aliphatic carbocycles. The van der Waals surface area contributed by atoms with Crippen molar-refractivity contribution in [2.45, 2.75) is 6.42 Å². The minimum Gasteiger partial charge on any atom is -0.497 e. The second kappa shape index (κ2) is 6.54. The first-order valence-corrected chi connectivity index (χ1v) is 10.7. The summed E-state index contributed by atoms with van der Waals surface area (Å²) in [4.78, 5) is 41.3. The Morgan fingerprint density at radius 2 is 1.65 bits per heavy atom. The number of carbonyl (C=O) groups excluding carboxylic acids is 3. The van der Waals surface area contributed by atoms with Gasteiger partial charge in [0.05, 0.1) is 30.2 Å². The third-order valence-electron chi connectivity index (χ3n) is 7.38. The van der Waals surface area contributed by atoms with Gasteiger partial charge in [0.1, 0.15) is 5.75 Å². The van der Waals surface area contributed by atoms with Crippen LogP contribution in [0.15, 0.2) is 60.7 Å². The van der Waals surface area contributed by atoms with Crippen molar-refractivity contribution in [2.24, 2.45) is 35.5 Å². The van der Waals surface area contributed by atoms with Crippen molar-refractivity contribution in [1.29, 1.82) is 0 Å². The fourth-order valence-electron chi connectivity index (χ4n) is 5.95. The average Bonchev–Trinajstić information content (AvgIpc) is 3.57. The van der Waals surface area contributed by atoms with Crippen molar-refractivity contribution < 1.29 is 19.1 Å². The highest BCUT2D eigenvalue weighted by atomic mass is 16.5. The van der Waals surface area contributed by atoms with Crippen LogP contribution in [0, 0.1) is 35.5 Å². The summed E-state index contributed by atoms with van der Waals surface area (Å²) in [6, 6.07) is 13.9. The second-order valence-corrected chi connectivity index (χ2v) is 8.87. The molecule has 6 heteroatoms. The van der Waals surface area contributed by atoms with Crippen molar-refractivity contribution in [3.63, 3.8) is 0 Å². The zero-order valence-corrected chi connectivity index (χ0v) is 17.0. The topological polar surface area (TPSA) is 75.7 Å². The van der Waals surface area contributed by atoms with E-state index in [2.05, 4.69) is 17.5 Å². The summed E-state index contributed by atoms with van der Waals surface area (Å²) in [6.07, 6.45) is 5.42. The molecule has 3 fully saturated rings. The third kappa shape index (κ3) is 2.60. The minimum absolute atomic E-state index is 0.152. The molecule has 2 bridgehead atoms. The van der Waals surface area contributed by atoms with Crippen LogP contribution in [0.5, 0.6) is 5.75 Å². The molecule has 0 unspecified atom stereocenters. The highest BCUT2D eigenvalue weighted by molar-refractivity contribution is 6.25. The van der Waals surface area contributed by atoms with Crippen molar-refractivity contribution in [1.82, 2.24) is 0 Å². The molecule has 3 amide bonds. The van der Waals surface area contributed by atoms with E-state index in [0.717, 1.165) is 6.42 Å². The van der Waals surface area contributed by atoms with Gasteiger partial charge >= 0.3 is 0 Å². The number of rotatable bonds is 4. The van der Waals surface area contributed by atoms with Gasteiger partial charge in [-0.15, -0.1) is 0 Å². The van der Waals surface area contributed by atoms with E-state index in [1.807, 2.05) is 0 Å². The van der Waals surface area contributed by atoms with E-state index in [1.54, 1.807) is 55.6 Å². The first-order valence-electron chi connectivity index (χ1n) is 10.7. The molecular weight excluding hydrogens is 392 g/mol. The molecule has 31 heavy (non-hydrogen) atoms. The molecule has 6 nitrogen and oxygen atoms in total. The van der Waals surface area contributed by atoms with Gasteiger partial charge in [-0.3, -0.25) is 14.4 Å². The highest BCUT2D eigenvalue weighted by Crippen LogP contribution is 2.65. The normalized spacial score (nSPS) is 32.0. The van der Waals surface area contributed by atoms with Gasteiger partial charge in [-0.05, 0) is 54.4 Å². The molecule has 0 spiro atoms.